The SMILES string of the molecule is COC(=O)CC(C)Nc1ccc(F)c(F)c1. The van der Waals surface area contributed by atoms with Crippen molar-refractivity contribution >= 4 is 11.7 Å². The zero-order chi connectivity index (χ0) is 12.1. The molecule has 5 heteroatoms. The van der Waals surface area contributed by atoms with Gasteiger partial charge in [0.15, 0.2) is 11.6 Å². The number of methoxy groups -OCH3 is 1. The molecule has 0 saturated carbocycles. The minimum atomic E-state index is -0.921. The number of ether oxygens (including phenoxy) is 1. The number of anilines is 1. The van der Waals surface area contributed by atoms with Crippen molar-refractivity contribution in [1.82, 2.24) is 0 Å². The number of carbonyl (C=O) groups excluding carboxylic acids is 1. The third-order valence-corrected chi connectivity index (χ3v) is 2.03. The zero-order valence-corrected chi connectivity index (χ0v) is 9.09. The van der Waals surface area contributed by atoms with E-state index in [4.69, 9.17) is 0 Å². The van der Waals surface area contributed by atoms with Crippen molar-refractivity contribution in [3.05, 3.63) is 29.8 Å². The van der Waals surface area contributed by atoms with Crippen molar-refractivity contribution < 1.29 is 18.3 Å². The molecular formula is C11H13F2NO2. The van der Waals surface area contributed by atoms with E-state index in [2.05, 4.69) is 10.1 Å². The maximum absolute atomic E-state index is 12.9. The number of hydrogen-bond donors (Lipinski definition) is 1. The van der Waals surface area contributed by atoms with Crippen LogP contribution in [0.5, 0.6) is 0 Å². The summed E-state index contributed by atoms with van der Waals surface area (Å²) in [4.78, 5) is 10.9. The van der Waals surface area contributed by atoms with Crippen LogP contribution < -0.4 is 5.32 Å². The summed E-state index contributed by atoms with van der Waals surface area (Å²) in [5.74, 6) is -2.18. The van der Waals surface area contributed by atoms with Gasteiger partial charge in [-0.05, 0) is 19.1 Å². The minimum Gasteiger partial charge on any atom is -0.469 e. The molecule has 0 saturated heterocycles. The largest absolute Gasteiger partial charge is 0.469 e. The first-order valence-corrected chi connectivity index (χ1v) is 4.81. The molecule has 16 heavy (non-hydrogen) atoms. The maximum atomic E-state index is 12.9. The molecule has 1 unspecified atom stereocenters. The lowest BCUT2D eigenvalue weighted by Crippen LogP contribution is -2.20. The summed E-state index contributed by atoms with van der Waals surface area (Å²) in [5, 5.41) is 2.87. The molecule has 1 N–H and O–H groups in total. The van der Waals surface area contributed by atoms with Crippen LogP contribution in [0.25, 0.3) is 0 Å². The van der Waals surface area contributed by atoms with Crippen LogP contribution in [0, 0.1) is 11.6 Å². The fourth-order valence-electron chi connectivity index (χ4n) is 1.25. The second-order valence-corrected chi connectivity index (χ2v) is 3.45. The minimum absolute atomic E-state index is 0.162. The van der Waals surface area contributed by atoms with Crippen LogP contribution in [0.15, 0.2) is 18.2 Å². The summed E-state index contributed by atoms with van der Waals surface area (Å²) in [6.07, 6.45) is 0.162. The third-order valence-electron chi connectivity index (χ3n) is 2.03. The van der Waals surface area contributed by atoms with Gasteiger partial charge in [0, 0.05) is 17.8 Å². The molecule has 0 heterocycles. The van der Waals surface area contributed by atoms with Crippen LogP contribution in [0.2, 0.25) is 0 Å². The van der Waals surface area contributed by atoms with Crippen molar-refractivity contribution in [2.45, 2.75) is 19.4 Å². The lowest BCUT2D eigenvalue weighted by molar-refractivity contribution is -0.140. The fraction of sp³-hybridized carbons (Fsp3) is 0.364. The summed E-state index contributed by atoms with van der Waals surface area (Å²) in [7, 11) is 1.30. The van der Waals surface area contributed by atoms with Crippen molar-refractivity contribution in [3.8, 4) is 0 Å². The summed E-state index contributed by atoms with van der Waals surface area (Å²) >= 11 is 0. The molecule has 0 aromatic heterocycles. The van der Waals surface area contributed by atoms with E-state index < -0.39 is 11.6 Å². The molecule has 0 aliphatic carbocycles. The summed E-state index contributed by atoms with van der Waals surface area (Å²) in [5.41, 5.74) is 0.426. The van der Waals surface area contributed by atoms with E-state index in [9.17, 15) is 13.6 Å². The van der Waals surface area contributed by atoms with Gasteiger partial charge in [0.1, 0.15) is 0 Å². The molecule has 0 aliphatic rings. The van der Waals surface area contributed by atoms with Crippen LogP contribution in [-0.2, 0) is 9.53 Å². The molecule has 0 radical (unpaired) electrons. The van der Waals surface area contributed by atoms with E-state index in [0.29, 0.717) is 5.69 Å². The van der Waals surface area contributed by atoms with E-state index in [1.54, 1.807) is 6.92 Å². The lowest BCUT2D eigenvalue weighted by atomic mass is 10.2. The molecular weight excluding hydrogens is 216 g/mol. The quantitative estimate of drug-likeness (QED) is 0.805. The lowest BCUT2D eigenvalue weighted by Gasteiger charge is -2.13. The van der Waals surface area contributed by atoms with Crippen LogP contribution in [0.4, 0.5) is 14.5 Å². The predicted molar refractivity (Wildman–Crippen MR) is 56.1 cm³/mol. The van der Waals surface area contributed by atoms with E-state index in [-0.39, 0.29) is 18.4 Å². The number of halogens is 2. The average molecular weight is 229 g/mol. The normalized spacial score (nSPS) is 12.0. The number of benzene rings is 1. The predicted octanol–water partition coefficient (Wildman–Crippen LogP) is 2.33. The van der Waals surface area contributed by atoms with Crippen LogP contribution in [-0.4, -0.2) is 19.1 Å². The van der Waals surface area contributed by atoms with Gasteiger partial charge in [-0.15, -0.1) is 0 Å². The van der Waals surface area contributed by atoms with Gasteiger partial charge in [-0.2, -0.15) is 0 Å². The van der Waals surface area contributed by atoms with E-state index in [0.717, 1.165) is 12.1 Å². The monoisotopic (exact) mass is 229 g/mol. The first kappa shape index (κ1) is 12.4. The van der Waals surface area contributed by atoms with Gasteiger partial charge in [-0.1, -0.05) is 0 Å². The van der Waals surface area contributed by atoms with Crippen LogP contribution in [0.1, 0.15) is 13.3 Å². The van der Waals surface area contributed by atoms with E-state index in [1.807, 2.05) is 0 Å². The number of nitrogens with one attached hydrogen (secondary N) is 1. The third kappa shape index (κ3) is 3.49. The van der Waals surface area contributed by atoms with E-state index >= 15 is 0 Å². The Kier molecular flexibility index (Phi) is 4.22. The van der Waals surface area contributed by atoms with Gasteiger partial charge in [0.2, 0.25) is 0 Å². The highest BCUT2D eigenvalue weighted by Gasteiger charge is 2.10. The molecule has 0 aliphatic heterocycles. The van der Waals surface area contributed by atoms with Gasteiger partial charge >= 0.3 is 5.97 Å². The van der Waals surface area contributed by atoms with Gasteiger partial charge in [-0.25, -0.2) is 8.78 Å². The Hall–Kier alpha value is -1.65. The Morgan fingerprint density at radius 2 is 2.12 bits per heavy atom. The second-order valence-electron chi connectivity index (χ2n) is 3.45. The Morgan fingerprint density at radius 1 is 1.44 bits per heavy atom. The highest BCUT2D eigenvalue weighted by atomic mass is 19.2. The van der Waals surface area contributed by atoms with Crippen molar-refractivity contribution in [3.63, 3.8) is 0 Å². The van der Waals surface area contributed by atoms with Gasteiger partial charge in [0.05, 0.1) is 13.5 Å². The topological polar surface area (TPSA) is 38.3 Å². The molecule has 88 valence electrons. The molecule has 0 spiro atoms. The first-order valence-electron chi connectivity index (χ1n) is 4.81. The number of carbonyl (C=O) groups is 1. The van der Waals surface area contributed by atoms with Crippen molar-refractivity contribution in [2.75, 3.05) is 12.4 Å². The summed E-state index contributed by atoms with van der Waals surface area (Å²) < 4.78 is 30.0. The van der Waals surface area contributed by atoms with Crippen LogP contribution in [0.3, 0.4) is 0 Å². The summed E-state index contributed by atoms with van der Waals surface area (Å²) in [6, 6.07) is 3.27. The summed E-state index contributed by atoms with van der Waals surface area (Å²) in [6.45, 7) is 1.75. The smallest absolute Gasteiger partial charge is 0.307 e. The molecule has 1 aromatic rings. The Labute approximate surface area is 92.4 Å². The van der Waals surface area contributed by atoms with Gasteiger partial charge in [-0.3, -0.25) is 4.79 Å². The molecule has 3 nitrogen and oxygen atoms in total. The molecule has 0 bridgehead atoms. The zero-order valence-electron chi connectivity index (χ0n) is 9.09. The van der Waals surface area contributed by atoms with Crippen LogP contribution >= 0.6 is 0 Å². The standard InChI is InChI=1S/C11H13F2NO2/c1-7(5-11(15)16-2)14-8-3-4-9(12)10(13)6-8/h3-4,6-7,14H,5H2,1-2H3. The molecule has 0 amide bonds. The van der Waals surface area contributed by atoms with Crippen molar-refractivity contribution in [1.29, 1.82) is 0 Å². The average Bonchev–Trinajstić information content (AvgIpc) is 2.23. The molecule has 1 atom stereocenters. The maximum Gasteiger partial charge on any atom is 0.307 e. The Balaban J connectivity index is 2.59. The number of hydrogen-bond acceptors (Lipinski definition) is 3. The first-order chi connectivity index (χ1) is 7.52. The van der Waals surface area contributed by atoms with E-state index in [1.165, 1.54) is 13.2 Å². The van der Waals surface area contributed by atoms with Gasteiger partial charge in [0.25, 0.3) is 0 Å². The van der Waals surface area contributed by atoms with Crippen molar-refractivity contribution in [2.24, 2.45) is 0 Å². The second kappa shape index (κ2) is 5.44. The molecule has 0 fully saturated rings. The Morgan fingerprint density at radius 3 is 2.69 bits per heavy atom. The van der Waals surface area contributed by atoms with Gasteiger partial charge < -0.3 is 10.1 Å². The highest BCUT2D eigenvalue weighted by molar-refractivity contribution is 5.70. The number of esters is 1. The highest BCUT2D eigenvalue weighted by Crippen LogP contribution is 2.14. The molecule has 1 rings (SSSR count). The Bertz CT molecular complexity index is 382. The molecule has 1 aromatic carbocycles. The fourth-order valence-corrected chi connectivity index (χ4v) is 1.25. The number of rotatable bonds is 4.